The van der Waals surface area contributed by atoms with Gasteiger partial charge in [-0.1, -0.05) is 12.1 Å². The van der Waals surface area contributed by atoms with Crippen LogP contribution < -0.4 is 14.2 Å². The van der Waals surface area contributed by atoms with Gasteiger partial charge in [0.2, 0.25) is 0 Å². The number of fused-ring (bicyclic) bond motifs is 3. The Kier molecular flexibility index (Phi) is 4.20. The molecule has 1 aliphatic carbocycles. The fraction of sp³-hybridized carbons (Fsp3) is 0.400. The normalized spacial score (nSPS) is 12.3. The zero-order valence-corrected chi connectivity index (χ0v) is 14.5. The molecule has 0 unspecified atom stereocenters. The minimum absolute atomic E-state index is 0.139. The Morgan fingerprint density at radius 2 is 1.52 bits per heavy atom. The third-order valence-corrected chi connectivity index (χ3v) is 3.86. The Labute approximate surface area is 138 Å². The standard InChI is InChI=1S/C20H24O3/c1-12(2)22-16-10-15-9-14-7-6-8-17(23-13(3)4)19(14)20(15)18(11-16)21-5/h6-8,10-13H,9H2,1-5H3. The van der Waals surface area contributed by atoms with E-state index in [1.54, 1.807) is 7.11 Å². The van der Waals surface area contributed by atoms with Crippen molar-refractivity contribution in [2.24, 2.45) is 0 Å². The van der Waals surface area contributed by atoms with Gasteiger partial charge in [-0.25, -0.2) is 0 Å². The highest BCUT2D eigenvalue weighted by atomic mass is 16.5. The van der Waals surface area contributed by atoms with Crippen molar-refractivity contribution in [3.63, 3.8) is 0 Å². The zero-order valence-electron chi connectivity index (χ0n) is 14.5. The molecule has 122 valence electrons. The van der Waals surface area contributed by atoms with Gasteiger partial charge in [0.25, 0.3) is 0 Å². The van der Waals surface area contributed by atoms with Crippen molar-refractivity contribution >= 4 is 0 Å². The molecule has 0 aliphatic heterocycles. The number of hydrogen-bond donors (Lipinski definition) is 0. The molecule has 3 heteroatoms. The fourth-order valence-electron chi connectivity index (χ4n) is 3.13. The van der Waals surface area contributed by atoms with Crippen LogP contribution in [0.5, 0.6) is 17.2 Å². The van der Waals surface area contributed by atoms with Crippen molar-refractivity contribution in [2.75, 3.05) is 7.11 Å². The molecule has 0 saturated heterocycles. The van der Waals surface area contributed by atoms with E-state index in [2.05, 4.69) is 18.2 Å². The summed E-state index contributed by atoms with van der Waals surface area (Å²) in [4.78, 5) is 0. The van der Waals surface area contributed by atoms with Gasteiger partial charge in [0.05, 0.1) is 19.3 Å². The average Bonchev–Trinajstić information content (AvgIpc) is 2.84. The van der Waals surface area contributed by atoms with E-state index in [0.717, 1.165) is 34.8 Å². The Hall–Kier alpha value is -2.16. The highest BCUT2D eigenvalue weighted by molar-refractivity contribution is 5.86. The predicted molar refractivity (Wildman–Crippen MR) is 92.8 cm³/mol. The molecule has 2 aromatic carbocycles. The number of methoxy groups -OCH3 is 1. The molecular formula is C20H24O3. The lowest BCUT2D eigenvalue weighted by Gasteiger charge is -2.17. The largest absolute Gasteiger partial charge is 0.496 e. The monoisotopic (exact) mass is 312 g/mol. The lowest BCUT2D eigenvalue weighted by molar-refractivity contribution is 0.240. The van der Waals surface area contributed by atoms with Gasteiger partial charge >= 0.3 is 0 Å². The second-order valence-corrected chi connectivity index (χ2v) is 6.46. The van der Waals surface area contributed by atoms with Crippen LogP contribution in [0.2, 0.25) is 0 Å². The maximum absolute atomic E-state index is 6.02. The van der Waals surface area contributed by atoms with Gasteiger partial charge < -0.3 is 14.2 Å². The van der Waals surface area contributed by atoms with E-state index >= 15 is 0 Å². The molecule has 0 fully saturated rings. The minimum atomic E-state index is 0.139. The SMILES string of the molecule is COc1cc(OC(C)C)cc2c1-c1c(cccc1OC(C)C)C2. The van der Waals surface area contributed by atoms with E-state index < -0.39 is 0 Å². The van der Waals surface area contributed by atoms with Gasteiger partial charge in [0, 0.05) is 17.2 Å². The molecule has 1 aliphatic rings. The number of hydrogen-bond acceptors (Lipinski definition) is 3. The maximum Gasteiger partial charge on any atom is 0.130 e. The summed E-state index contributed by atoms with van der Waals surface area (Å²) in [6.07, 6.45) is 1.16. The van der Waals surface area contributed by atoms with Gasteiger partial charge in [-0.05, 0) is 57.4 Å². The Morgan fingerprint density at radius 3 is 2.17 bits per heavy atom. The topological polar surface area (TPSA) is 27.7 Å². The van der Waals surface area contributed by atoms with Crippen LogP contribution in [0.25, 0.3) is 11.1 Å². The van der Waals surface area contributed by atoms with E-state index in [4.69, 9.17) is 14.2 Å². The van der Waals surface area contributed by atoms with Crippen LogP contribution in [-0.2, 0) is 6.42 Å². The van der Waals surface area contributed by atoms with Gasteiger partial charge in [0.1, 0.15) is 17.2 Å². The summed E-state index contributed by atoms with van der Waals surface area (Å²) in [5.74, 6) is 2.62. The summed E-state index contributed by atoms with van der Waals surface area (Å²) in [5, 5.41) is 0. The molecule has 0 heterocycles. The van der Waals surface area contributed by atoms with Gasteiger partial charge in [-0.15, -0.1) is 0 Å². The van der Waals surface area contributed by atoms with Crippen LogP contribution in [0.4, 0.5) is 0 Å². The number of rotatable bonds is 5. The second-order valence-electron chi connectivity index (χ2n) is 6.46. The smallest absolute Gasteiger partial charge is 0.130 e. The third kappa shape index (κ3) is 3.00. The first-order valence-electron chi connectivity index (χ1n) is 8.16. The van der Waals surface area contributed by atoms with Crippen LogP contribution in [0.1, 0.15) is 38.8 Å². The van der Waals surface area contributed by atoms with Crippen LogP contribution in [0.3, 0.4) is 0 Å². The van der Waals surface area contributed by atoms with Gasteiger partial charge in [-0.3, -0.25) is 0 Å². The van der Waals surface area contributed by atoms with Crippen molar-refractivity contribution in [1.82, 2.24) is 0 Å². The molecule has 0 N–H and O–H groups in total. The fourth-order valence-corrected chi connectivity index (χ4v) is 3.13. The van der Waals surface area contributed by atoms with Gasteiger partial charge in [0.15, 0.2) is 0 Å². The summed E-state index contributed by atoms with van der Waals surface area (Å²) in [7, 11) is 1.71. The third-order valence-electron chi connectivity index (χ3n) is 3.86. The lowest BCUT2D eigenvalue weighted by Crippen LogP contribution is -2.07. The molecule has 0 spiro atoms. The number of ether oxygens (including phenoxy) is 3. The molecule has 0 bridgehead atoms. The van der Waals surface area contributed by atoms with E-state index in [1.165, 1.54) is 11.1 Å². The summed E-state index contributed by atoms with van der Waals surface area (Å²) >= 11 is 0. The molecule has 3 nitrogen and oxygen atoms in total. The summed E-state index contributed by atoms with van der Waals surface area (Å²) in [5.41, 5.74) is 4.80. The lowest BCUT2D eigenvalue weighted by atomic mass is 10.0. The molecule has 0 atom stereocenters. The Morgan fingerprint density at radius 1 is 0.826 bits per heavy atom. The Bertz CT molecular complexity index is 717. The molecule has 2 aromatic rings. The van der Waals surface area contributed by atoms with Crippen LogP contribution in [0, 0.1) is 0 Å². The highest BCUT2D eigenvalue weighted by Crippen LogP contribution is 2.49. The second kappa shape index (κ2) is 6.15. The van der Waals surface area contributed by atoms with Crippen molar-refractivity contribution in [1.29, 1.82) is 0 Å². The van der Waals surface area contributed by atoms with E-state index in [9.17, 15) is 0 Å². The molecular weight excluding hydrogens is 288 g/mol. The first kappa shape index (κ1) is 15.7. The molecule has 0 aromatic heterocycles. The summed E-state index contributed by atoms with van der Waals surface area (Å²) in [6, 6.07) is 10.3. The first-order valence-corrected chi connectivity index (χ1v) is 8.16. The summed E-state index contributed by atoms with van der Waals surface area (Å²) < 4.78 is 17.5. The minimum Gasteiger partial charge on any atom is -0.496 e. The van der Waals surface area contributed by atoms with Crippen LogP contribution >= 0.6 is 0 Å². The van der Waals surface area contributed by atoms with Crippen LogP contribution in [0.15, 0.2) is 30.3 Å². The van der Waals surface area contributed by atoms with E-state index in [1.807, 2.05) is 39.8 Å². The Balaban J connectivity index is 2.13. The van der Waals surface area contributed by atoms with E-state index in [0.29, 0.717) is 0 Å². The molecule has 0 amide bonds. The van der Waals surface area contributed by atoms with Crippen molar-refractivity contribution < 1.29 is 14.2 Å². The number of benzene rings is 2. The maximum atomic E-state index is 6.02. The quantitative estimate of drug-likeness (QED) is 0.674. The average molecular weight is 312 g/mol. The van der Waals surface area contributed by atoms with Crippen molar-refractivity contribution in [3.05, 3.63) is 41.5 Å². The summed E-state index contributed by atoms with van der Waals surface area (Å²) in [6.45, 7) is 8.16. The molecule has 0 saturated carbocycles. The molecule has 23 heavy (non-hydrogen) atoms. The van der Waals surface area contributed by atoms with Crippen LogP contribution in [-0.4, -0.2) is 19.3 Å². The predicted octanol–water partition coefficient (Wildman–Crippen LogP) is 4.84. The van der Waals surface area contributed by atoms with Crippen molar-refractivity contribution in [2.45, 2.75) is 46.3 Å². The van der Waals surface area contributed by atoms with Gasteiger partial charge in [-0.2, -0.15) is 0 Å². The first-order chi connectivity index (χ1) is 11.0. The van der Waals surface area contributed by atoms with E-state index in [-0.39, 0.29) is 12.2 Å². The van der Waals surface area contributed by atoms with Crippen molar-refractivity contribution in [3.8, 4) is 28.4 Å². The molecule has 3 rings (SSSR count). The molecule has 0 radical (unpaired) electrons. The highest BCUT2D eigenvalue weighted by Gasteiger charge is 2.27. The zero-order chi connectivity index (χ0) is 16.6.